The molecule has 0 amide bonds. The average molecular weight is 361 g/mol. The van der Waals surface area contributed by atoms with Gasteiger partial charge in [-0.1, -0.05) is 31.2 Å². The number of nitrogens with zero attached hydrogens (tertiary/aromatic N) is 1. The van der Waals surface area contributed by atoms with Crippen LogP contribution < -0.4 is 5.32 Å². The van der Waals surface area contributed by atoms with Crippen molar-refractivity contribution in [3.63, 3.8) is 0 Å². The van der Waals surface area contributed by atoms with Crippen molar-refractivity contribution in [2.24, 2.45) is 0 Å². The van der Waals surface area contributed by atoms with Crippen molar-refractivity contribution in [3.8, 4) is 0 Å². The number of rotatable bonds is 5. The van der Waals surface area contributed by atoms with Crippen LogP contribution in [0.15, 0.2) is 51.8 Å². The average Bonchev–Trinajstić information content (AvgIpc) is 2.94. The molecule has 0 saturated heterocycles. The summed E-state index contributed by atoms with van der Waals surface area (Å²) in [4.78, 5) is 4.59. The highest BCUT2D eigenvalue weighted by Gasteiger charge is 2.17. The number of aromatic nitrogens is 1. The van der Waals surface area contributed by atoms with E-state index in [0.717, 1.165) is 22.3 Å². The summed E-state index contributed by atoms with van der Waals surface area (Å²) < 4.78 is 1.16. The van der Waals surface area contributed by atoms with Crippen molar-refractivity contribution < 1.29 is 0 Å². The number of halogens is 1. The van der Waals surface area contributed by atoms with Gasteiger partial charge in [-0.05, 0) is 57.5 Å². The van der Waals surface area contributed by atoms with Crippen LogP contribution in [0.5, 0.6) is 0 Å². The zero-order valence-electron chi connectivity index (χ0n) is 11.8. The normalized spacial score (nSPS) is 12.7. The number of nitrogens with one attached hydrogen (secondary N) is 1. The molecule has 1 aromatic carbocycles. The van der Waals surface area contributed by atoms with Crippen molar-refractivity contribution in [1.82, 2.24) is 10.3 Å². The molecule has 2 heterocycles. The van der Waals surface area contributed by atoms with Crippen LogP contribution >= 0.6 is 27.3 Å². The van der Waals surface area contributed by atoms with Gasteiger partial charge in [-0.25, -0.2) is 0 Å². The predicted molar refractivity (Wildman–Crippen MR) is 93.9 cm³/mol. The van der Waals surface area contributed by atoms with E-state index >= 15 is 0 Å². The van der Waals surface area contributed by atoms with Crippen LogP contribution in [0.1, 0.15) is 30.5 Å². The Morgan fingerprint density at radius 2 is 2.14 bits per heavy atom. The van der Waals surface area contributed by atoms with E-state index in [2.05, 4.69) is 68.9 Å². The molecule has 2 nitrogen and oxygen atoms in total. The molecule has 1 unspecified atom stereocenters. The second-order valence-electron chi connectivity index (χ2n) is 4.99. The summed E-state index contributed by atoms with van der Waals surface area (Å²) in [6.07, 6.45) is 2.98. The Balaban J connectivity index is 2.09. The van der Waals surface area contributed by atoms with Crippen LogP contribution in [-0.4, -0.2) is 11.5 Å². The summed E-state index contributed by atoms with van der Waals surface area (Å²) in [6.45, 7) is 3.18. The van der Waals surface area contributed by atoms with E-state index in [0.29, 0.717) is 0 Å². The van der Waals surface area contributed by atoms with Crippen molar-refractivity contribution in [2.45, 2.75) is 19.4 Å². The summed E-state index contributed by atoms with van der Waals surface area (Å²) in [6, 6.07) is 12.9. The molecule has 1 N–H and O–H groups in total. The van der Waals surface area contributed by atoms with Crippen molar-refractivity contribution in [3.05, 3.63) is 62.9 Å². The first kappa shape index (κ1) is 14.7. The number of thiophene rings is 1. The molecular weight excluding hydrogens is 344 g/mol. The van der Waals surface area contributed by atoms with Crippen LogP contribution in [0.3, 0.4) is 0 Å². The Labute approximate surface area is 137 Å². The highest BCUT2D eigenvalue weighted by Crippen LogP contribution is 2.32. The molecule has 0 saturated carbocycles. The van der Waals surface area contributed by atoms with Crippen molar-refractivity contribution in [2.75, 3.05) is 6.54 Å². The van der Waals surface area contributed by atoms with Crippen molar-refractivity contribution >= 4 is 38.2 Å². The van der Waals surface area contributed by atoms with Gasteiger partial charge in [0.05, 0.1) is 15.3 Å². The molecule has 2 aromatic heterocycles. The molecule has 1 atom stereocenters. The maximum absolute atomic E-state index is 4.59. The Bertz CT molecular complexity index is 733. The Kier molecular flexibility index (Phi) is 4.68. The van der Waals surface area contributed by atoms with Crippen LogP contribution in [0.4, 0.5) is 0 Å². The Morgan fingerprint density at radius 1 is 1.29 bits per heavy atom. The van der Waals surface area contributed by atoms with E-state index in [-0.39, 0.29) is 6.04 Å². The van der Waals surface area contributed by atoms with E-state index in [1.165, 1.54) is 16.5 Å². The first-order chi connectivity index (χ1) is 10.3. The van der Waals surface area contributed by atoms with Gasteiger partial charge in [-0.2, -0.15) is 0 Å². The molecule has 3 rings (SSSR count). The fourth-order valence-corrected chi connectivity index (χ4v) is 3.73. The standard InChI is InChI=1S/C17H17BrN2S/c1-2-8-19-17(13-10-15(18)21-11-13)14-7-3-5-12-6-4-9-20-16(12)14/h3-7,9-11,17,19H,2,8H2,1H3. The number of fused-ring (bicyclic) bond motifs is 1. The highest BCUT2D eigenvalue weighted by atomic mass is 79.9. The molecule has 0 bridgehead atoms. The van der Waals surface area contributed by atoms with E-state index in [4.69, 9.17) is 0 Å². The van der Waals surface area contributed by atoms with Gasteiger partial charge >= 0.3 is 0 Å². The lowest BCUT2D eigenvalue weighted by molar-refractivity contribution is 0.602. The fraction of sp³-hybridized carbons (Fsp3) is 0.235. The summed E-state index contributed by atoms with van der Waals surface area (Å²) in [5.41, 5.74) is 3.61. The molecular formula is C17H17BrN2S. The van der Waals surface area contributed by atoms with Gasteiger partial charge in [0.25, 0.3) is 0 Å². The lowest BCUT2D eigenvalue weighted by Gasteiger charge is -2.19. The smallest absolute Gasteiger partial charge is 0.0753 e. The summed E-state index contributed by atoms with van der Waals surface area (Å²) >= 11 is 5.29. The summed E-state index contributed by atoms with van der Waals surface area (Å²) in [5.74, 6) is 0. The van der Waals surface area contributed by atoms with Gasteiger partial charge in [-0.3, -0.25) is 4.98 Å². The maximum Gasteiger partial charge on any atom is 0.0753 e. The van der Waals surface area contributed by atoms with Gasteiger partial charge in [0.15, 0.2) is 0 Å². The zero-order chi connectivity index (χ0) is 14.7. The number of hydrogen-bond acceptors (Lipinski definition) is 3. The lowest BCUT2D eigenvalue weighted by atomic mass is 9.98. The highest BCUT2D eigenvalue weighted by molar-refractivity contribution is 9.11. The third-order valence-corrected chi connectivity index (χ3v) is 5.02. The largest absolute Gasteiger partial charge is 0.306 e. The first-order valence-electron chi connectivity index (χ1n) is 7.10. The predicted octanol–water partition coefficient (Wildman–Crippen LogP) is 5.15. The van der Waals surface area contributed by atoms with Crippen LogP contribution in [0.25, 0.3) is 10.9 Å². The van der Waals surface area contributed by atoms with E-state index in [1.807, 2.05) is 12.3 Å². The molecule has 0 radical (unpaired) electrons. The third-order valence-electron chi connectivity index (χ3n) is 3.49. The summed E-state index contributed by atoms with van der Waals surface area (Å²) in [5, 5.41) is 7.05. The quantitative estimate of drug-likeness (QED) is 0.680. The Hall–Kier alpha value is -1.23. The summed E-state index contributed by atoms with van der Waals surface area (Å²) in [7, 11) is 0. The topological polar surface area (TPSA) is 24.9 Å². The van der Waals surface area contributed by atoms with Crippen molar-refractivity contribution in [1.29, 1.82) is 0 Å². The molecule has 4 heteroatoms. The fourth-order valence-electron chi connectivity index (χ4n) is 2.53. The molecule has 0 aliphatic rings. The third kappa shape index (κ3) is 3.18. The zero-order valence-corrected chi connectivity index (χ0v) is 14.2. The van der Waals surface area contributed by atoms with Gasteiger partial charge in [-0.15, -0.1) is 11.3 Å². The Morgan fingerprint density at radius 3 is 2.90 bits per heavy atom. The van der Waals surface area contributed by atoms with E-state index in [9.17, 15) is 0 Å². The number of pyridine rings is 1. The molecule has 108 valence electrons. The van der Waals surface area contributed by atoms with Gasteiger partial charge < -0.3 is 5.32 Å². The van der Waals surface area contributed by atoms with Gasteiger partial charge in [0, 0.05) is 11.6 Å². The number of benzene rings is 1. The van der Waals surface area contributed by atoms with Gasteiger partial charge in [0.1, 0.15) is 0 Å². The molecule has 0 aliphatic carbocycles. The number of hydrogen-bond donors (Lipinski definition) is 1. The second-order valence-corrected chi connectivity index (χ2v) is 7.28. The van der Waals surface area contributed by atoms with Crippen LogP contribution in [0.2, 0.25) is 0 Å². The monoisotopic (exact) mass is 360 g/mol. The first-order valence-corrected chi connectivity index (χ1v) is 8.78. The maximum atomic E-state index is 4.59. The minimum atomic E-state index is 0.186. The van der Waals surface area contributed by atoms with Crippen LogP contribution in [0, 0.1) is 0 Å². The second kappa shape index (κ2) is 6.69. The lowest BCUT2D eigenvalue weighted by Crippen LogP contribution is -2.23. The molecule has 0 spiro atoms. The van der Waals surface area contributed by atoms with Gasteiger partial charge in [0.2, 0.25) is 0 Å². The molecule has 0 aliphatic heterocycles. The molecule has 0 fully saturated rings. The van der Waals surface area contributed by atoms with E-state index in [1.54, 1.807) is 11.3 Å². The van der Waals surface area contributed by atoms with Crippen LogP contribution in [-0.2, 0) is 0 Å². The minimum Gasteiger partial charge on any atom is -0.306 e. The number of para-hydroxylation sites is 1. The molecule has 3 aromatic rings. The molecule has 21 heavy (non-hydrogen) atoms. The van der Waals surface area contributed by atoms with E-state index < -0.39 is 0 Å². The SMILES string of the molecule is CCCNC(c1csc(Br)c1)c1cccc2cccnc12. The minimum absolute atomic E-state index is 0.186.